The average Bonchev–Trinajstić information content (AvgIpc) is 2.49. The van der Waals surface area contributed by atoms with Crippen LogP contribution in [0.2, 0.25) is 0 Å². The molecule has 0 fully saturated rings. The van der Waals surface area contributed by atoms with Crippen molar-refractivity contribution in [3.05, 3.63) is 48.3 Å². The average molecular weight is 271 g/mol. The monoisotopic (exact) mass is 271 g/mol. The molecule has 1 heterocycles. The largest absolute Gasteiger partial charge is 0.492 e. The number of pyridine rings is 1. The number of ether oxygens (including phenoxy) is 1. The summed E-state index contributed by atoms with van der Waals surface area (Å²) in [4.78, 5) is 16.3. The van der Waals surface area contributed by atoms with Crippen molar-refractivity contribution >= 4 is 17.3 Å². The molecular formula is C15H17N3O2. The lowest BCUT2D eigenvalue weighted by Crippen LogP contribution is -2.15. The zero-order valence-electron chi connectivity index (χ0n) is 11.5. The fraction of sp³-hybridized carbons (Fsp3) is 0.200. The van der Waals surface area contributed by atoms with Crippen LogP contribution in [0.5, 0.6) is 5.75 Å². The zero-order chi connectivity index (χ0) is 14.4. The van der Waals surface area contributed by atoms with Crippen LogP contribution in [0.3, 0.4) is 0 Å². The second-order valence-electron chi connectivity index (χ2n) is 4.05. The van der Waals surface area contributed by atoms with Crippen LogP contribution in [0.1, 0.15) is 17.3 Å². The van der Waals surface area contributed by atoms with Gasteiger partial charge in [-0.25, -0.2) is 0 Å². The Morgan fingerprint density at radius 3 is 2.80 bits per heavy atom. The Hall–Kier alpha value is -2.56. The number of aromatic nitrogens is 1. The van der Waals surface area contributed by atoms with E-state index in [0.29, 0.717) is 23.6 Å². The van der Waals surface area contributed by atoms with Crippen molar-refractivity contribution in [2.45, 2.75) is 6.92 Å². The Bertz CT molecular complexity index is 599. The molecule has 0 aliphatic carbocycles. The van der Waals surface area contributed by atoms with Crippen LogP contribution in [0, 0.1) is 0 Å². The Morgan fingerprint density at radius 1 is 1.25 bits per heavy atom. The fourth-order valence-corrected chi connectivity index (χ4v) is 1.83. The van der Waals surface area contributed by atoms with Gasteiger partial charge in [0.1, 0.15) is 5.75 Å². The molecule has 0 bridgehead atoms. The Morgan fingerprint density at radius 2 is 2.05 bits per heavy atom. The second-order valence-corrected chi connectivity index (χ2v) is 4.05. The SMILES string of the molecule is CCOc1ccccc1NC(=O)c1cnccc1NC. The van der Waals surface area contributed by atoms with Gasteiger partial charge in [-0.05, 0) is 25.1 Å². The van der Waals surface area contributed by atoms with Crippen molar-refractivity contribution in [3.8, 4) is 5.75 Å². The molecule has 1 amide bonds. The Kier molecular flexibility index (Phi) is 4.55. The van der Waals surface area contributed by atoms with E-state index in [1.165, 1.54) is 6.20 Å². The number of nitrogens with one attached hydrogen (secondary N) is 2. The molecule has 0 saturated carbocycles. The summed E-state index contributed by atoms with van der Waals surface area (Å²) in [6.07, 6.45) is 3.17. The van der Waals surface area contributed by atoms with E-state index < -0.39 is 0 Å². The number of rotatable bonds is 5. The van der Waals surface area contributed by atoms with E-state index >= 15 is 0 Å². The van der Waals surface area contributed by atoms with Crippen molar-refractivity contribution < 1.29 is 9.53 Å². The van der Waals surface area contributed by atoms with E-state index in [-0.39, 0.29) is 5.91 Å². The number of anilines is 2. The number of nitrogens with zero attached hydrogens (tertiary/aromatic N) is 1. The summed E-state index contributed by atoms with van der Waals surface area (Å²) in [5.41, 5.74) is 1.86. The van der Waals surface area contributed by atoms with Gasteiger partial charge in [-0.2, -0.15) is 0 Å². The van der Waals surface area contributed by atoms with E-state index in [1.807, 2.05) is 25.1 Å². The van der Waals surface area contributed by atoms with Gasteiger partial charge in [0, 0.05) is 25.1 Å². The summed E-state index contributed by atoms with van der Waals surface area (Å²) in [5.74, 6) is 0.424. The van der Waals surface area contributed by atoms with E-state index in [1.54, 1.807) is 25.4 Å². The van der Waals surface area contributed by atoms with Gasteiger partial charge in [0.2, 0.25) is 0 Å². The molecule has 5 nitrogen and oxygen atoms in total. The van der Waals surface area contributed by atoms with Crippen LogP contribution in [0.4, 0.5) is 11.4 Å². The molecule has 0 aliphatic heterocycles. The molecule has 20 heavy (non-hydrogen) atoms. The van der Waals surface area contributed by atoms with Gasteiger partial charge in [0.25, 0.3) is 5.91 Å². The number of carbonyl (C=O) groups is 1. The van der Waals surface area contributed by atoms with Gasteiger partial charge in [0.15, 0.2) is 0 Å². The van der Waals surface area contributed by atoms with E-state index in [2.05, 4.69) is 15.6 Å². The molecule has 0 spiro atoms. The molecule has 0 unspecified atom stereocenters. The van der Waals surface area contributed by atoms with Crippen molar-refractivity contribution in [2.24, 2.45) is 0 Å². The summed E-state index contributed by atoms with van der Waals surface area (Å²) >= 11 is 0. The minimum atomic E-state index is -0.227. The van der Waals surface area contributed by atoms with Crippen molar-refractivity contribution in [1.29, 1.82) is 0 Å². The molecule has 2 aromatic rings. The third-order valence-corrected chi connectivity index (χ3v) is 2.77. The number of hydrogen-bond donors (Lipinski definition) is 2. The predicted molar refractivity (Wildman–Crippen MR) is 79.3 cm³/mol. The third-order valence-electron chi connectivity index (χ3n) is 2.77. The Labute approximate surface area is 118 Å². The zero-order valence-corrected chi connectivity index (χ0v) is 11.5. The lowest BCUT2D eigenvalue weighted by molar-refractivity contribution is 0.102. The second kappa shape index (κ2) is 6.56. The number of carbonyl (C=O) groups excluding carboxylic acids is 1. The summed E-state index contributed by atoms with van der Waals surface area (Å²) in [6.45, 7) is 2.44. The fourth-order valence-electron chi connectivity index (χ4n) is 1.83. The maximum absolute atomic E-state index is 12.3. The third kappa shape index (κ3) is 3.06. The molecule has 1 aromatic carbocycles. The number of para-hydroxylation sites is 2. The lowest BCUT2D eigenvalue weighted by Gasteiger charge is -2.12. The molecule has 2 rings (SSSR count). The molecule has 2 N–H and O–H groups in total. The molecule has 1 aromatic heterocycles. The number of amides is 1. The van der Waals surface area contributed by atoms with E-state index in [4.69, 9.17) is 4.74 Å². The number of benzene rings is 1. The quantitative estimate of drug-likeness (QED) is 0.877. The minimum Gasteiger partial charge on any atom is -0.492 e. The number of hydrogen-bond acceptors (Lipinski definition) is 4. The van der Waals surface area contributed by atoms with Crippen LogP contribution in [0.25, 0.3) is 0 Å². The molecule has 0 atom stereocenters. The predicted octanol–water partition coefficient (Wildman–Crippen LogP) is 2.77. The van der Waals surface area contributed by atoms with Gasteiger partial charge in [-0.1, -0.05) is 12.1 Å². The molecule has 0 radical (unpaired) electrons. The molecule has 0 saturated heterocycles. The van der Waals surface area contributed by atoms with Crippen LogP contribution in [0.15, 0.2) is 42.7 Å². The van der Waals surface area contributed by atoms with Crippen molar-refractivity contribution in [2.75, 3.05) is 24.3 Å². The van der Waals surface area contributed by atoms with E-state index in [9.17, 15) is 4.79 Å². The molecule has 0 aliphatic rings. The highest BCUT2D eigenvalue weighted by Crippen LogP contribution is 2.25. The highest BCUT2D eigenvalue weighted by molar-refractivity contribution is 6.08. The first kappa shape index (κ1) is 13.9. The highest BCUT2D eigenvalue weighted by atomic mass is 16.5. The topological polar surface area (TPSA) is 63.2 Å². The van der Waals surface area contributed by atoms with Crippen LogP contribution in [-0.2, 0) is 0 Å². The minimum absolute atomic E-state index is 0.227. The first-order valence-electron chi connectivity index (χ1n) is 6.41. The van der Waals surface area contributed by atoms with Crippen molar-refractivity contribution in [3.63, 3.8) is 0 Å². The molecule has 5 heteroatoms. The summed E-state index contributed by atoms with van der Waals surface area (Å²) in [5, 5.41) is 5.81. The lowest BCUT2D eigenvalue weighted by atomic mass is 10.2. The van der Waals surface area contributed by atoms with Crippen LogP contribution < -0.4 is 15.4 Å². The highest BCUT2D eigenvalue weighted by Gasteiger charge is 2.13. The van der Waals surface area contributed by atoms with Gasteiger partial charge < -0.3 is 15.4 Å². The first-order chi connectivity index (χ1) is 9.76. The van der Waals surface area contributed by atoms with Gasteiger partial charge >= 0.3 is 0 Å². The first-order valence-corrected chi connectivity index (χ1v) is 6.41. The Balaban J connectivity index is 2.24. The maximum Gasteiger partial charge on any atom is 0.259 e. The summed E-state index contributed by atoms with van der Waals surface area (Å²) in [7, 11) is 1.76. The van der Waals surface area contributed by atoms with Crippen LogP contribution >= 0.6 is 0 Å². The maximum atomic E-state index is 12.3. The molecule has 104 valence electrons. The van der Waals surface area contributed by atoms with Gasteiger partial charge in [0.05, 0.1) is 17.9 Å². The summed E-state index contributed by atoms with van der Waals surface area (Å²) < 4.78 is 5.48. The van der Waals surface area contributed by atoms with Crippen molar-refractivity contribution in [1.82, 2.24) is 4.98 Å². The van der Waals surface area contributed by atoms with Gasteiger partial charge in [-0.3, -0.25) is 9.78 Å². The normalized spacial score (nSPS) is 9.90. The smallest absolute Gasteiger partial charge is 0.259 e. The molecular weight excluding hydrogens is 254 g/mol. The van der Waals surface area contributed by atoms with Gasteiger partial charge in [-0.15, -0.1) is 0 Å². The van der Waals surface area contributed by atoms with E-state index in [0.717, 1.165) is 5.69 Å². The van der Waals surface area contributed by atoms with Crippen LogP contribution in [-0.4, -0.2) is 24.5 Å². The standard InChI is InChI=1S/C15H17N3O2/c1-3-20-14-7-5-4-6-13(14)18-15(19)11-10-17-9-8-12(11)16-2/h4-10H,3H2,1-2H3,(H,16,17)(H,18,19). The summed E-state index contributed by atoms with van der Waals surface area (Å²) in [6, 6.07) is 9.09.